The van der Waals surface area contributed by atoms with Crippen LogP contribution in [-0.4, -0.2) is 42.2 Å². The van der Waals surface area contributed by atoms with Crippen LogP contribution in [-0.2, 0) is 6.54 Å². The highest BCUT2D eigenvalue weighted by molar-refractivity contribution is 5.29. The quantitative estimate of drug-likeness (QED) is 0.827. The number of aryl methyl sites for hydroxylation is 1. The van der Waals surface area contributed by atoms with Gasteiger partial charge in [0.1, 0.15) is 12.4 Å². The van der Waals surface area contributed by atoms with Crippen molar-refractivity contribution in [2.75, 3.05) is 26.2 Å². The summed E-state index contributed by atoms with van der Waals surface area (Å²) in [5, 5.41) is 3.52. The normalized spacial score (nSPS) is 19.4. The van der Waals surface area contributed by atoms with Crippen LogP contribution in [0.25, 0.3) is 0 Å². The van der Waals surface area contributed by atoms with Gasteiger partial charge >= 0.3 is 0 Å². The summed E-state index contributed by atoms with van der Waals surface area (Å²) in [5.41, 5.74) is 2.11. The van der Waals surface area contributed by atoms with E-state index >= 15 is 0 Å². The van der Waals surface area contributed by atoms with Crippen LogP contribution in [0.15, 0.2) is 12.1 Å². The molecule has 1 saturated carbocycles. The van der Waals surface area contributed by atoms with E-state index in [1.54, 1.807) is 0 Å². The highest BCUT2D eigenvalue weighted by Crippen LogP contribution is 2.22. The Morgan fingerprint density at radius 2 is 2.10 bits per heavy atom. The predicted octanol–water partition coefficient (Wildman–Crippen LogP) is 2.12. The molecular weight excluding hydrogens is 250 g/mol. The third-order valence-corrected chi connectivity index (χ3v) is 4.07. The van der Waals surface area contributed by atoms with Gasteiger partial charge in [-0.2, -0.15) is 0 Å². The van der Waals surface area contributed by atoms with E-state index in [1.165, 1.54) is 38.8 Å². The monoisotopic (exact) mass is 275 g/mol. The van der Waals surface area contributed by atoms with Gasteiger partial charge in [0.2, 0.25) is 0 Å². The summed E-state index contributed by atoms with van der Waals surface area (Å²) >= 11 is 0. The van der Waals surface area contributed by atoms with Crippen LogP contribution in [0.4, 0.5) is 0 Å². The Morgan fingerprint density at radius 1 is 1.30 bits per heavy atom. The molecule has 1 aromatic rings. The summed E-state index contributed by atoms with van der Waals surface area (Å²) in [6, 6.07) is 4.80. The van der Waals surface area contributed by atoms with Crippen LogP contribution in [0.2, 0.25) is 0 Å². The van der Waals surface area contributed by atoms with E-state index < -0.39 is 0 Å². The molecule has 3 rings (SSSR count). The standard InChI is InChI=1S/C16H25N3O/c1-13-4-7-16(15(18-13)12-17-14-5-6-14)20-11-10-19-8-2-3-9-19/h4,7,14,17H,2-3,5-6,8-12H2,1H3. The van der Waals surface area contributed by atoms with Crippen LogP contribution < -0.4 is 10.1 Å². The molecule has 1 aliphatic heterocycles. The average Bonchev–Trinajstić information content (AvgIpc) is 3.13. The van der Waals surface area contributed by atoms with Gasteiger partial charge in [0.15, 0.2) is 0 Å². The first-order chi connectivity index (χ1) is 9.81. The summed E-state index contributed by atoms with van der Waals surface area (Å²) < 4.78 is 5.96. The van der Waals surface area contributed by atoms with Crippen LogP contribution in [0.5, 0.6) is 5.75 Å². The van der Waals surface area contributed by atoms with Gasteiger partial charge in [-0.3, -0.25) is 9.88 Å². The van der Waals surface area contributed by atoms with Crippen molar-refractivity contribution < 1.29 is 4.74 Å². The van der Waals surface area contributed by atoms with Gasteiger partial charge in [-0.1, -0.05) is 0 Å². The molecule has 0 atom stereocenters. The summed E-state index contributed by atoms with van der Waals surface area (Å²) in [5.74, 6) is 0.947. The zero-order valence-corrected chi connectivity index (χ0v) is 12.4. The number of pyridine rings is 1. The van der Waals surface area contributed by atoms with E-state index in [9.17, 15) is 0 Å². The molecule has 1 N–H and O–H groups in total. The first-order valence-electron chi connectivity index (χ1n) is 7.86. The summed E-state index contributed by atoms with van der Waals surface area (Å²) in [6.07, 6.45) is 5.28. The number of hydrogen-bond donors (Lipinski definition) is 1. The number of rotatable bonds is 7. The van der Waals surface area contributed by atoms with Crippen molar-refractivity contribution >= 4 is 0 Å². The molecule has 4 heteroatoms. The van der Waals surface area contributed by atoms with Gasteiger partial charge in [-0.05, 0) is 57.8 Å². The van der Waals surface area contributed by atoms with E-state index in [2.05, 4.69) is 21.3 Å². The molecule has 0 unspecified atom stereocenters. The Balaban J connectivity index is 1.52. The second kappa shape index (κ2) is 6.55. The molecule has 0 aromatic carbocycles. The van der Waals surface area contributed by atoms with Gasteiger partial charge in [-0.15, -0.1) is 0 Å². The Labute approximate surface area is 121 Å². The Bertz CT molecular complexity index is 439. The number of hydrogen-bond acceptors (Lipinski definition) is 4. The molecule has 1 saturated heterocycles. The van der Waals surface area contributed by atoms with E-state index in [1.807, 2.05) is 13.0 Å². The Morgan fingerprint density at radius 3 is 2.85 bits per heavy atom. The van der Waals surface area contributed by atoms with Crippen molar-refractivity contribution in [1.82, 2.24) is 15.2 Å². The molecular formula is C16H25N3O. The third-order valence-electron chi connectivity index (χ3n) is 4.07. The lowest BCUT2D eigenvalue weighted by atomic mass is 10.3. The highest BCUT2D eigenvalue weighted by Gasteiger charge is 2.21. The highest BCUT2D eigenvalue weighted by atomic mass is 16.5. The van der Waals surface area contributed by atoms with Crippen molar-refractivity contribution in [3.05, 3.63) is 23.5 Å². The van der Waals surface area contributed by atoms with Crippen molar-refractivity contribution in [3.63, 3.8) is 0 Å². The minimum atomic E-state index is 0.703. The van der Waals surface area contributed by atoms with Crippen LogP contribution >= 0.6 is 0 Å². The molecule has 0 spiro atoms. The maximum atomic E-state index is 5.96. The number of ether oxygens (including phenoxy) is 1. The molecule has 4 nitrogen and oxygen atoms in total. The smallest absolute Gasteiger partial charge is 0.142 e. The van der Waals surface area contributed by atoms with Gasteiger partial charge in [0, 0.05) is 24.8 Å². The third kappa shape index (κ3) is 3.93. The molecule has 2 aliphatic rings. The zero-order chi connectivity index (χ0) is 13.8. The van der Waals surface area contributed by atoms with Gasteiger partial charge in [-0.25, -0.2) is 0 Å². The molecule has 1 aliphatic carbocycles. The largest absolute Gasteiger partial charge is 0.490 e. The molecule has 20 heavy (non-hydrogen) atoms. The number of nitrogens with one attached hydrogen (secondary N) is 1. The number of aromatic nitrogens is 1. The molecule has 2 heterocycles. The van der Waals surface area contributed by atoms with Gasteiger partial charge < -0.3 is 10.1 Å². The lowest BCUT2D eigenvalue weighted by molar-refractivity contribution is 0.235. The summed E-state index contributed by atoms with van der Waals surface area (Å²) in [4.78, 5) is 7.10. The average molecular weight is 275 g/mol. The van der Waals surface area contributed by atoms with E-state index in [-0.39, 0.29) is 0 Å². The van der Waals surface area contributed by atoms with Gasteiger partial charge in [0.25, 0.3) is 0 Å². The topological polar surface area (TPSA) is 37.4 Å². The molecule has 0 amide bonds. The van der Waals surface area contributed by atoms with Crippen LogP contribution in [0, 0.1) is 6.92 Å². The fourth-order valence-corrected chi connectivity index (χ4v) is 2.68. The molecule has 1 aromatic heterocycles. The second-order valence-corrected chi connectivity index (χ2v) is 5.95. The maximum Gasteiger partial charge on any atom is 0.142 e. The fraction of sp³-hybridized carbons (Fsp3) is 0.688. The Hall–Kier alpha value is -1.13. The fourth-order valence-electron chi connectivity index (χ4n) is 2.68. The number of likely N-dealkylation sites (tertiary alicyclic amines) is 1. The molecule has 110 valence electrons. The van der Waals surface area contributed by atoms with Crippen LogP contribution in [0.3, 0.4) is 0 Å². The summed E-state index contributed by atoms with van der Waals surface area (Å²) in [6.45, 7) is 7.11. The number of nitrogens with zero attached hydrogens (tertiary/aromatic N) is 2. The van der Waals surface area contributed by atoms with E-state index in [0.29, 0.717) is 6.04 Å². The van der Waals surface area contributed by atoms with Crippen molar-refractivity contribution in [1.29, 1.82) is 0 Å². The lowest BCUT2D eigenvalue weighted by Crippen LogP contribution is -2.25. The van der Waals surface area contributed by atoms with E-state index in [0.717, 1.165) is 36.8 Å². The second-order valence-electron chi connectivity index (χ2n) is 5.95. The molecule has 0 radical (unpaired) electrons. The molecule has 2 fully saturated rings. The lowest BCUT2D eigenvalue weighted by Gasteiger charge is -2.16. The van der Waals surface area contributed by atoms with E-state index in [4.69, 9.17) is 4.74 Å². The molecule has 0 bridgehead atoms. The summed E-state index contributed by atoms with van der Waals surface area (Å²) in [7, 11) is 0. The first kappa shape index (κ1) is 13.8. The van der Waals surface area contributed by atoms with Crippen molar-refractivity contribution in [2.24, 2.45) is 0 Å². The van der Waals surface area contributed by atoms with Crippen molar-refractivity contribution in [2.45, 2.75) is 45.2 Å². The van der Waals surface area contributed by atoms with Crippen molar-refractivity contribution in [3.8, 4) is 5.75 Å². The Kier molecular flexibility index (Phi) is 4.53. The SMILES string of the molecule is Cc1ccc(OCCN2CCCC2)c(CNC2CC2)n1. The maximum absolute atomic E-state index is 5.96. The minimum absolute atomic E-state index is 0.703. The minimum Gasteiger partial charge on any atom is -0.490 e. The first-order valence-corrected chi connectivity index (χ1v) is 7.86. The zero-order valence-electron chi connectivity index (χ0n) is 12.4. The van der Waals surface area contributed by atoms with Gasteiger partial charge in [0.05, 0.1) is 5.69 Å². The predicted molar refractivity (Wildman–Crippen MR) is 80.0 cm³/mol. The van der Waals surface area contributed by atoms with Crippen LogP contribution in [0.1, 0.15) is 37.1 Å².